The summed E-state index contributed by atoms with van der Waals surface area (Å²) in [6.45, 7) is 3.61. The van der Waals surface area contributed by atoms with Crippen molar-refractivity contribution in [1.29, 1.82) is 0 Å². The molecular weight excluding hydrogens is 262 g/mol. The van der Waals surface area contributed by atoms with Crippen molar-refractivity contribution in [3.05, 3.63) is 48.2 Å². The molecule has 0 bridgehead atoms. The van der Waals surface area contributed by atoms with Gasteiger partial charge < -0.3 is 15.0 Å². The van der Waals surface area contributed by atoms with Crippen LogP contribution >= 0.6 is 0 Å². The highest BCUT2D eigenvalue weighted by Crippen LogP contribution is 2.20. The van der Waals surface area contributed by atoms with Crippen molar-refractivity contribution in [3.8, 4) is 5.75 Å². The summed E-state index contributed by atoms with van der Waals surface area (Å²) in [5.74, 6) is 1.78. The Bertz CT molecular complexity index is 569. The van der Waals surface area contributed by atoms with Crippen LogP contribution in [0.25, 0.3) is 0 Å². The Morgan fingerprint density at radius 1 is 1.19 bits per heavy atom. The molecule has 0 unspecified atom stereocenters. The summed E-state index contributed by atoms with van der Waals surface area (Å²) in [4.78, 5) is 6.36. The van der Waals surface area contributed by atoms with E-state index in [1.807, 2.05) is 50.6 Å². The lowest BCUT2D eigenvalue weighted by molar-refractivity contribution is 0.306. The molecule has 1 aromatic heterocycles. The summed E-state index contributed by atoms with van der Waals surface area (Å²) in [5.41, 5.74) is 2.24. The first-order chi connectivity index (χ1) is 10.2. The molecule has 0 aliphatic heterocycles. The number of aromatic nitrogens is 1. The summed E-state index contributed by atoms with van der Waals surface area (Å²) >= 11 is 0. The van der Waals surface area contributed by atoms with Crippen molar-refractivity contribution in [3.63, 3.8) is 0 Å². The van der Waals surface area contributed by atoms with E-state index in [-0.39, 0.29) is 0 Å². The van der Waals surface area contributed by atoms with Gasteiger partial charge in [0.25, 0.3) is 0 Å². The van der Waals surface area contributed by atoms with E-state index >= 15 is 0 Å². The third kappa shape index (κ3) is 4.67. The molecule has 1 N–H and O–H groups in total. The van der Waals surface area contributed by atoms with Crippen LogP contribution in [0.1, 0.15) is 18.9 Å². The highest BCUT2D eigenvalue weighted by molar-refractivity contribution is 5.49. The highest BCUT2D eigenvalue weighted by Gasteiger charge is 2.01. The van der Waals surface area contributed by atoms with Crippen molar-refractivity contribution in [2.24, 2.45) is 0 Å². The number of ether oxygens (including phenoxy) is 1. The molecule has 0 fully saturated rings. The van der Waals surface area contributed by atoms with Gasteiger partial charge in [0.1, 0.15) is 18.2 Å². The van der Waals surface area contributed by atoms with Crippen LogP contribution in [0.4, 0.5) is 11.5 Å². The Kier molecular flexibility index (Phi) is 5.43. The zero-order valence-corrected chi connectivity index (χ0v) is 13.0. The van der Waals surface area contributed by atoms with E-state index in [1.165, 1.54) is 0 Å². The lowest BCUT2D eigenvalue weighted by Gasteiger charge is -2.14. The van der Waals surface area contributed by atoms with Gasteiger partial charge in [-0.05, 0) is 36.2 Å². The first-order valence-corrected chi connectivity index (χ1v) is 7.28. The number of nitrogens with one attached hydrogen (secondary N) is 1. The van der Waals surface area contributed by atoms with Crippen molar-refractivity contribution < 1.29 is 4.74 Å². The largest absolute Gasteiger partial charge is 0.489 e. The van der Waals surface area contributed by atoms with E-state index in [0.29, 0.717) is 6.61 Å². The highest BCUT2D eigenvalue weighted by atomic mass is 16.5. The predicted molar refractivity (Wildman–Crippen MR) is 88.1 cm³/mol. The van der Waals surface area contributed by atoms with Gasteiger partial charge in [0.15, 0.2) is 0 Å². The number of rotatable bonds is 7. The van der Waals surface area contributed by atoms with Crippen molar-refractivity contribution in [2.75, 3.05) is 30.9 Å². The van der Waals surface area contributed by atoms with Crippen LogP contribution in [-0.2, 0) is 6.61 Å². The molecule has 0 atom stereocenters. The van der Waals surface area contributed by atoms with Crippen LogP contribution in [-0.4, -0.2) is 25.6 Å². The monoisotopic (exact) mass is 285 g/mol. The molecule has 0 spiro atoms. The second-order valence-corrected chi connectivity index (χ2v) is 5.16. The Hall–Kier alpha value is -2.23. The summed E-state index contributed by atoms with van der Waals surface area (Å²) in [6.07, 6.45) is 2.90. The van der Waals surface area contributed by atoms with Crippen LogP contribution in [0.3, 0.4) is 0 Å². The number of hydrogen-bond acceptors (Lipinski definition) is 4. The summed E-state index contributed by atoms with van der Waals surface area (Å²) in [7, 11) is 4.04. The van der Waals surface area contributed by atoms with E-state index in [2.05, 4.69) is 28.2 Å². The van der Waals surface area contributed by atoms with Crippen LogP contribution < -0.4 is 15.0 Å². The average Bonchev–Trinajstić information content (AvgIpc) is 2.51. The number of pyridine rings is 1. The van der Waals surface area contributed by atoms with E-state index in [4.69, 9.17) is 4.74 Å². The number of benzene rings is 1. The van der Waals surface area contributed by atoms with Gasteiger partial charge in [-0.1, -0.05) is 13.0 Å². The summed E-state index contributed by atoms with van der Waals surface area (Å²) in [6, 6.07) is 12.1. The molecule has 1 heterocycles. The third-order valence-electron chi connectivity index (χ3n) is 3.12. The molecule has 0 saturated carbocycles. The molecule has 0 radical (unpaired) electrons. The molecule has 21 heavy (non-hydrogen) atoms. The smallest absolute Gasteiger partial charge is 0.126 e. The fourth-order valence-electron chi connectivity index (χ4n) is 1.93. The number of nitrogens with zero attached hydrogens (tertiary/aromatic N) is 2. The van der Waals surface area contributed by atoms with Gasteiger partial charge in [-0.15, -0.1) is 0 Å². The molecule has 2 aromatic rings. The molecule has 1 aromatic carbocycles. The SMILES string of the molecule is CCCNc1cc(COc2cccc(N(C)C)c2)ccn1. The predicted octanol–water partition coefficient (Wildman–Crippen LogP) is 3.55. The maximum absolute atomic E-state index is 5.86. The molecule has 0 saturated heterocycles. The second kappa shape index (κ2) is 7.53. The molecule has 0 amide bonds. The Labute approximate surface area is 126 Å². The van der Waals surface area contributed by atoms with Gasteiger partial charge in [0, 0.05) is 38.6 Å². The lowest BCUT2D eigenvalue weighted by Crippen LogP contribution is -2.08. The minimum Gasteiger partial charge on any atom is -0.489 e. The zero-order chi connectivity index (χ0) is 15.1. The minimum atomic E-state index is 0.542. The fraction of sp³-hybridized carbons (Fsp3) is 0.353. The average molecular weight is 285 g/mol. The topological polar surface area (TPSA) is 37.4 Å². The second-order valence-electron chi connectivity index (χ2n) is 5.16. The first kappa shape index (κ1) is 15.2. The standard InChI is InChI=1S/C17H23N3O/c1-4-9-18-17-11-14(8-10-19-17)13-21-16-7-5-6-15(12-16)20(2)3/h5-8,10-12H,4,9,13H2,1-3H3,(H,18,19). The maximum atomic E-state index is 5.86. The van der Waals surface area contributed by atoms with Gasteiger partial charge in [-0.3, -0.25) is 0 Å². The van der Waals surface area contributed by atoms with Crippen molar-refractivity contribution >= 4 is 11.5 Å². The van der Waals surface area contributed by atoms with Crippen LogP contribution in [0, 0.1) is 0 Å². The van der Waals surface area contributed by atoms with E-state index < -0.39 is 0 Å². The van der Waals surface area contributed by atoms with Gasteiger partial charge in [0.2, 0.25) is 0 Å². The van der Waals surface area contributed by atoms with Gasteiger partial charge in [0.05, 0.1) is 0 Å². The molecule has 112 valence electrons. The molecule has 0 aliphatic carbocycles. The Balaban J connectivity index is 1.97. The lowest BCUT2D eigenvalue weighted by atomic mass is 10.2. The molecule has 4 nitrogen and oxygen atoms in total. The normalized spacial score (nSPS) is 10.2. The quantitative estimate of drug-likeness (QED) is 0.844. The first-order valence-electron chi connectivity index (χ1n) is 7.28. The maximum Gasteiger partial charge on any atom is 0.126 e. The van der Waals surface area contributed by atoms with Crippen molar-refractivity contribution in [1.82, 2.24) is 4.98 Å². The molecule has 4 heteroatoms. The fourth-order valence-corrected chi connectivity index (χ4v) is 1.93. The van der Waals surface area contributed by atoms with E-state index in [9.17, 15) is 0 Å². The Morgan fingerprint density at radius 2 is 2.05 bits per heavy atom. The van der Waals surface area contributed by atoms with Crippen LogP contribution in [0.5, 0.6) is 5.75 Å². The van der Waals surface area contributed by atoms with E-state index in [0.717, 1.165) is 35.8 Å². The van der Waals surface area contributed by atoms with Gasteiger partial charge in [-0.2, -0.15) is 0 Å². The summed E-state index contributed by atoms with van der Waals surface area (Å²) < 4.78 is 5.86. The minimum absolute atomic E-state index is 0.542. The molecule has 0 aliphatic rings. The molecule has 2 rings (SSSR count). The van der Waals surface area contributed by atoms with Gasteiger partial charge >= 0.3 is 0 Å². The Morgan fingerprint density at radius 3 is 2.81 bits per heavy atom. The number of anilines is 2. The van der Waals surface area contributed by atoms with Gasteiger partial charge in [-0.25, -0.2) is 4.98 Å². The van der Waals surface area contributed by atoms with Crippen molar-refractivity contribution in [2.45, 2.75) is 20.0 Å². The van der Waals surface area contributed by atoms with Crippen LogP contribution in [0.2, 0.25) is 0 Å². The number of hydrogen-bond donors (Lipinski definition) is 1. The van der Waals surface area contributed by atoms with E-state index in [1.54, 1.807) is 0 Å². The summed E-state index contributed by atoms with van der Waals surface area (Å²) in [5, 5.41) is 3.28. The molecular formula is C17H23N3O. The zero-order valence-electron chi connectivity index (χ0n) is 13.0. The van der Waals surface area contributed by atoms with Crippen LogP contribution in [0.15, 0.2) is 42.6 Å². The third-order valence-corrected chi connectivity index (χ3v) is 3.12.